The molecule has 1 aliphatic heterocycles. The van der Waals surface area contributed by atoms with Crippen molar-refractivity contribution in [1.29, 1.82) is 0 Å². The first-order valence-electron chi connectivity index (χ1n) is 9.81. The summed E-state index contributed by atoms with van der Waals surface area (Å²) >= 11 is 1.63. The number of imide groups is 1. The fourth-order valence-corrected chi connectivity index (χ4v) is 5.16. The molecule has 0 saturated heterocycles. The molecule has 2 atom stereocenters. The number of amides is 2. The Bertz CT molecular complexity index is 1070. The molecule has 2 heterocycles. The molecule has 5 rings (SSSR count). The Balaban J connectivity index is 1.37. The zero-order chi connectivity index (χ0) is 20.0. The average molecular weight is 407 g/mol. The third kappa shape index (κ3) is 3.00. The topological polar surface area (TPSA) is 75.3 Å². The van der Waals surface area contributed by atoms with Crippen LogP contribution in [0, 0.1) is 0 Å². The van der Waals surface area contributed by atoms with Crippen LogP contribution in [-0.4, -0.2) is 45.3 Å². The third-order valence-electron chi connectivity index (χ3n) is 5.83. The Kier molecular flexibility index (Phi) is 4.54. The van der Waals surface area contributed by atoms with Gasteiger partial charge in [0.1, 0.15) is 11.9 Å². The number of nitrogens with one attached hydrogen (secondary N) is 1. The Morgan fingerprint density at radius 1 is 1.10 bits per heavy atom. The summed E-state index contributed by atoms with van der Waals surface area (Å²) in [7, 11) is 0. The van der Waals surface area contributed by atoms with E-state index in [1.165, 1.54) is 4.90 Å². The van der Waals surface area contributed by atoms with Crippen molar-refractivity contribution in [2.24, 2.45) is 0 Å². The lowest BCUT2D eigenvalue weighted by atomic mass is 9.91. The van der Waals surface area contributed by atoms with Gasteiger partial charge in [-0.15, -0.1) is 11.8 Å². The summed E-state index contributed by atoms with van der Waals surface area (Å²) in [5.41, 5.74) is 2.00. The fraction of sp³-hybridized carbons (Fsp3) is 0.318. The van der Waals surface area contributed by atoms with Crippen LogP contribution in [0.1, 0.15) is 46.4 Å². The monoisotopic (exact) mass is 407 g/mol. The van der Waals surface area contributed by atoms with Crippen molar-refractivity contribution in [2.45, 2.75) is 42.7 Å². The summed E-state index contributed by atoms with van der Waals surface area (Å²) in [6.07, 6.45) is 7.12. The fourth-order valence-electron chi connectivity index (χ4n) is 4.46. The lowest BCUT2D eigenvalue weighted by Gasteiger charge is -2.34. The van der Waals surface area contributed by atoms with Gasteiger partial charge in [-0.3, -0.25) is 19.6 Å². The van der Waals surface area contributed by atoms with E-state index in [4.69, 9.17) is 4.74 Å². The Hall–Kier alpha value is -2.80. The first-order chi connectivity index (χ1) is 14.2. The van der Waals surface area contributed by atoms with Gasteiger partial charge in [0.2, 0.25) is 0 Å². The van der Waals surface area contributed by atoms with Crippen LogP contribution in [0.25, 0.3) is 10.9 Å². The summed E-state index contributed by atoms with van der Waals surface area (Å²) in [5, 5.41) is 8.15. The molecule has 7 heteroatoms. The molecule has 0 radical (unpaired) electrons. The van der Waals surface area contributed by atoms with Gasteiger partial charge in [-0.1, -0.05) is 12.1 Å². The molecule has 1 aromatic heterocycles. The van der Waals surface area contributed by atoms with Crippen molar-refractivity contribution < 1.29 is 14.3 Å². The van der Waals surface area contributed by atoms with Crippen LogP contribution in [0.15, 0.2) is 47.5 Å². The van der Waals surface area contributed by atoms with Crippen molar-refractivity contribution in [3.8, 4) is 5.75 Å². The molecule has 2 aliphatic rings. The molecule has 0 unspecified atom stereocenters. The molecule has 148 valence electrons. The van der Waals surface area contributed by atoms with E-state index >= 15 is 0 Å². The normalized spacial score (nSPS) is 21.6. The largest absolute Gasteiger partial charge is 0.489 e. The number of ether oxygens (including phenoxy) is 1. The highest BCUT2D eigenvalue weighted by Gasteiger charge is 2.41. The Morgan fingerprint density at radius 3 is 2.59 bits per heavy atom. The number of aromatic amines is 1. The van der Waals surface area contributed by atoms with E-state index in [2.05, 4.69) is 10.2 Å². The summed E-state index contributed by atoms with van der Waals surface area (Å²) in [5.74, 6) is 0.473. The molecule has 2 aromatic carbocycles. The molecule has 0 spiro atoms. The molecule has 1 fully saturated rings. The first-order valence-corrected chi connectivity index (χ1v) is 11.0. The molecule has 1 N–H and O–H groups in total. The first kappa shape index (κ1) is 18.2. The number of carbonyl (C=O) groups is 2. The number of hydrogen-bond donors (Lipinski definition) is 1. The van der Waals surface area contributed by atoms with Gasteiger partial charge in [-0.2, -0.15) is 5.10 Å². The molecule has 0 bridgehead atoms. The van der Waals surface area contributed by atoms with Crippen LogP contribution in [0.3, 0.4) is 0 Å². The Morgan fingerprint density at radius 2 is 1.86 bits per heavy atom. The minimum Gasteiger partial charge on any atom is -0.489 e. The van der Waals surface area contributed by atoms with Crippen molar-refractivity contribution in [3.63, 3.8) is 0 Å². The SMILES string of the molecule is CSc1c(O[C@H]2CCC[C@@H](N3C(=O)c4ccccc4C3=O)C2)ccc2[nH]ncc12. The van der Waals surface area contributed by atoms with Crippen molar-refractivity contribution >= 4 is 34.5 Å². The van der Waals surface area contributed by atoms with Crippen LogP contribution in [0.5, 0.6) is 5.75 Å². The van der Waals surface area contributed by atoms with Crippen LogP contribution < -0.4 is 4.74 Å². The van der Waals surface area contributed by atoms with E-state index in [0.717, 1.165) is 40.8 Å². The molecule has 3 aromatic rings. The van der Waals surface area contributed by atoms with Gasteiger partial charge in [0.25, 0.3) is 11.8 Å². The lowest BCUT2D eigenvalue weighted by molar-refractivity contribution is 0.0448. The van der Waals surface area contributed by atoms with Crippen LogP contribution in [0.4, 0.5) is 0 Å². The minimum atomic E-state index is -0.180. The Labute approximate surface area is 172 Å². The van der Waals surface area contributed by atoms with Crippen molar-refractivity contribution in [2.75, 3.05) is 6.26 Å². The third-order valence-corrected chi connectivity index (χ3v) is 6.65. The highest BCUT2D eigenvalue weighted by molar-refractivity contribution is 7.99. The summed E-state index contributed by atoms with van der Waals surface area (Å²) < 4.78 is 6.38. The maximum Gasteiger partial charge on any atom is 0.261 e. The summed E-state index contributed by atoms with van der Waals surface area (Å²) in [4.78, 5) is 28.2. The second kappa shape index (κ2) is 7.22. The smallest absolute Gasteiger partial charge is 0.261 e. The maximum atomic E-state index is 12.8. The predicted molar refractivity (Wildman–Crippen MR) is 111 cm³/mol. The van der Waals surface area contributed by atoms with E-state index in [1.807, 2.05) is 24.6 Å². The van der Waals surface area contributed by atoms with E-state index < -0.39 is 0 Å². The zero-order valence-electron chi connectivity index (χ0n) is 16.1. The van der Waals surface area contributed by atoms with Gasteiger partial charge in [-0.05, 0) is 49.8 Å². The highest BCUT2D eigenvalue weighted by Crippen LogP contribution is 2.38. The molecular weight excluding hydrogens is 386 g/mol. The number of hydrogen-bond acceptors (Lipinski definition) is 5. The van der Waals surface area contributed by atoms with Crippen LogP contribution in [-0.2, 0) is 0 Å². The number of benzene rings is 2. The predicted octanol–water partition coefficient (Wildman–Crippen LogP) is 4.27. The van der Waals surface area contributed by atoms with Gasteiger partial charge < -0.3 is 4.74 Å². The van der Waals surface area contributed by atoms with E-state index in [1.54, 1.807) is 36.0 Å². The second-order valence-electron chi connectivity index (χ2n) is 7.51. The number of rotatable bonds is 4. The van der Waals surface area contributed by atoms with Crippen molar-refractivity contribution in [1.82, 2.24) is 15.1 Å². The van der Waals surface area contributed by atoms with E-state index in [-0.39, 0.29) is 24.0 Å². The summed E-state index contributed by atoms with van der Waals surface area (Å²) in [6, 6.07) is 10.9. The van der Waals surface area contributed by atoms with Gasteiger partial charge in [0, 0.05) is 17.8 Å². The number of carbonyl (C=O) groups excluding carboxylic acids is 2. The van der Waals surface area contributed by atoms with E-state index in [9.17, 15) is 9.59 Å². The zero-order valence-corrected chi connectivity index (χ0v) is 16.9. The molecular formula is C22H21N3O3S. The van der Waals surface area contributed by atoms with E-state index in [0.29, 0.717) is 17.5 Å². The second-order valence-corrected chi connectivity index (χ2v) is 8.33. The quantitative estimate of drug-likeness (QED) is 0.516. The molecule has 1 aliphatic carbocycles. The standard InChI is InChI=1S/C22H21N3O3S/c1-29-20-17-12-23-24-18(17)9-10-19(20)28-14-6-4-5-13(11-14)25-21(26)15-7-2-3-8-16(15)22(25)27/h2-3,7-10,12-14H,4-6,11H2,1H3,(H,23,24)/t13-,14+/m1/s1. The van der Waals surface area contributed by atoms with Crippen LogP contribution in [0.2, 0.25) is 0 Å². The van der Waals surface area contributed by atoms with Crippen LogP contribution >= 0.6 is 11.8 Å². The number of fused-ring (bicyclic) bond motifs is 2. The van der Waals surface area contributed by atoms with Gasteiger partial charge >= 0.3 is 0 Å². The average Bonchev–Trinajstić information content (AvgIpc) is 3.31. The highest BCUT2D eigenvalue weighted by atomic mass is 32.2. The number of thioether (sulfide) groups is 1. The lowest BCUT2D eigenvalue weighted by Crippen LogP contribution is -2.44. The number of H-pyrrole nitrogens is 1. The van der Waals surface area contributed by atoms with Crippen molar-refractivity contribution in [3.05, 3.63) is 53.7 Å². The molecule has 2 amide bonds. The van der Waals surface area contributed by atoms with Gasteiger partial charge in [0.15, 0.2) is 0 Å². The maximum absolute atomic E-state index is 12.8. The summed E-state index contributed by atoms with van der Waals surface area (Å²) in [6.45, 7) is 0. The van der Waals surface area contributed by atoms with Gasteiger partial charge in [-0.25, -0.2) is 0 Å². The number of nitrogens with zero attached hydrogens (tertiary/aromatic N) is 2. The molecule has 29 heavy (non-hydrogen) atoms. The molecule has 1 saturated carbocycles. The number of aromatic nitrogens is 2. The minimum absolute atomic E-state index is 0.0340. The van der Waals surface area contributed by atoms with Gasteiger partial charge in [0.05, 0.1) is 27.7 Å². The molecule has 6 nitrogen and oxygen atoms in total.